The standard InChI is InChI=1S/C25H18BrN3O2/c1-16-21(28-25(31-16)18-7-3-2-4-8-18)15-29-22-10-6-5-9-20(22)27-24(29)23(30)17-11-13-19(26)14-12-17/h2-14H,15H2,1H3. The van der Waals surface area contributed by atoms with E-state index >= 15 is 0 Å². The van der Waals surface area contributed by atoms with Gasteiger partial charge >= 0.3 is 0 Å². The first-order valence-corrected chi connectivity index (χ1v) is 10.7. The van der Waals surface area contributed by atoms with Crippen molar-refractivity contribution in [3.05, 3.63) is 106 Å². The number of benzene rings is 3. The van der Waals surface area contributed by atoms with E-state index in [2.05, 4.69) is 20.9 Å². The molecule has 0 spiro atoms. The van der Waals surface area contributed by atoms with Crippen LogP contribution in [0, 0.1) is 6.92 Å². The van der Waals surface area contributed by atoms with Crippen molar-refractivity contribution in [1.29, 1.82) is 0 Å². The minimum absolute atomic E-state index is 0.131. The quantitative estimate of drug-likeness (QED) is 0.293. The number of carbonyl (C=O) groups is 1. The molecule has 0 saturated heterocycles. The van der Waals surface area contributed by atoms with Gasteiger partial charge in [0.15, 0.2) is 5.82 Å². The van der Waals surface area contributed by atoms with E-state index < -0.39 is 0 Å². The molecule has 0 radical (unpaired) electrons. The van der Waals surface area contributed by atoms with E-state index in [1.165, 1.54) is 0 Å². The van der Waals surface area contributed by atoms with Gasteiger partial charge in [0.25, 0.3) is 0 Å². The Bertz CT molecular complexity index is 1390. The van der Waals surface area contributed by atoms with E-state index in [9.17, 15) is 4.79 Å². The number of imidazole rings is 1. The summed E-state index contributed by atoms with van der Waals surface area (Å²) in [5.74, 6) is 1.54. The second kappa shape index (κ2) is 7.96. The van der Waals surface area contributed by atoms with Crippen molar-refractivity contribution in [3.63, 3.8) is 0 Å². The molecule has 152 valence electrons. The average Bonchev–Trinajstić information content (AvgIpc) is 3.35. The van der Waals surface area contributed by atoms with E-state index in [-0.39, 0.29) is 5.78 Å². The van der Waals surface area contributed by atoms with Crippen LogP contribution in [0.4, 0.5) is 0 Å². The largest absolute Gasteiger partial charge is 0.441 e. The molecule has 0 bridgehead atoms. The van der Waals surface area contributed by atoms with Crippen LogP contribution in [0.3, 0.4) is 0 Å². The van der Waals surface area contributed by atoms with Crippen LogP contribution in [0.1, 0.15) is 27.6 Å². The molecular formula is C25H18BrN3O2. The Labute approximate surface area is 187 Å². The second-order valence-electron chi connectivity index (χ2n) is 7.23. The Morgan fingerprint density at radius 2 is 1.65 bits per heavy atom. The maximum absolute atomic E-state index is 13.3. The summed E-state index contributed by atoms with van der Waals surface area (Å²) in [5.41, 5.74) is 3.92. The summed E-state index contributed by atoms with van der Waals surface area (Å²) in [5, 5.41) is 0. The summed E-state index contributed by atoms with van der Waals surface area (Å²) in [6.07, 6.45) is 0. The van der Waals surface area contributed by atoms with Crippen LogP contribution in [0.15, 0.2) is 87.8 Å². The number of aryl methyl sites for hydroxylation is 1. The average molecular weight is 472 g/mol. The van der Waals surface area contributed by atoms with Crippen LogP contribution < -0.4 is 0 Å². The van der Waals surface area contributed by atoms with Crippen molar-refractivity contribution < 1.29 is 9.21 Å². The number of ketones is 1. The Morgan fingerprint density at radius 1 is 0.935 bits per heavy atom. The Kier molecular flexibility index (Phi) is 5.00. The highest BCUT2D eigenvalue weighted by Gasteiger charge is 2.21. The van der Waals surface area contributed by atoms with Gasteiger partial charge in [-0.3, -0.25) is 4.79 Å². The summed E-state index contributed by atoms with van der Waals surface area (Å²) >= 11 is 3.42. The molecule has 3 aromatic carbocycles. The normalized spacial score (nSPS) is 11.2. The van der Waals surface area contributed by atoms with Crippen molar-refractivity contribution >= 4 is 32.7 Å². The monoisotopic (exact) mass is 471 g/mol. The van der Waals surface area contributed by atoms with Crippen molar-refractivity contribution in [2.75, 3.05) is 0 Å². The van der Waals surface area contributed by atoms with Gasteiger partial charge in [-0.2, -0.15) is 0 Å². The van der Waals surface area contributed by atoms with Crippen LogP contribution in [0.5, 0.6) is 0 Å². The van der Waals surface area contributed by atoms with Gasteiger partial charge in [-0.05, 0) is 55.5 Å². The van der Waals surface area contributed by atoms with Gasteiger partial charge in [0.1, 0.15) is 11.5 Å². The predicted molar refractivity (Wildman–Crippen MR) is 123 cm³/mol. The molecule has 0 saturated carbocycles. The minimum atomic E-state index is -0.131. The Hall–Kier alpha value is -3.51. The molecule has 0 N–H and O–H groups in total. The number of hydrogen-bond donors (Lipinski definition) is 0. The molecule has 2 heterocycles. The number of carbonyl (C=O) groups excluding carboxylic acids is 1. The third-order valence-electron chi connectivity index (χ3n) is 5.19. The lowest BCUT2D eigenvalue weighted by molar-refractivity contribution is 0.102. The zero-order valence-corrected chi connectivity index (χ0v) is 18.3. The first kappa shape index (κ1) is 19.5. The van der Waals surface area contributed by atoms with E-state index in [1.54, 1.807) is 12.1 Å². The number of nitrogens with zero attached hydrogens (tertiary/aromatic N) is 3. The first-order valence-electron chi connectivity index (χ1n) is 9.87. The molecule has 0 unspecified atom stereocenters. The highest BCUT2D eigenvalue weighted by Crippen LogP contribution is 2.25. The lowest BCUT2D eigenvalue weighted by atomic mass is 10.1. The zero-order valence-electron chi connectivity index (χ0n) is 16.7. The molecule has 5 rings (SSSR count). The third kappa shape index (κ3) is 3.70. The molecule has 6 heteroatoms. The summed E-state index contributed by atoms with van der Waals surface area (Å²) in [6, 6.07) is 24.8. The Morgan fingerprint density at radius 3 is 2.42 bits per heavy atom. The van der Waals surface area contributed by atoms with E-state index in [4.69, 9.17) is 9.40 Å². The highest BCUT2D eigenvalue weighted by atomic mass is 79.9. The van der Waals surface area contributed by atoms with E-state index in [0.29, 0.717) is 23.8 Å². The SMILES string of the molecule is Cc1oc(-c2ccccc2)nc1Cn1c(C(=O)c2ccc(Br)cc2)nc2ccccc21. The van der Waals surface area contributed by atoms with Crippen molar-refractivity contribution in [2.24, 2.45) is 0 Å². The number of hydrogen-bond acceptors (Lipinski definition) is 4. The van der Waals surface area contributed by atoms with E-state index in [0.717, 1.165) is 32.5 Å². The summed E-state index contributed by atoms with van der Waals surface area (Å²) < 4.78 is 8.76. The number of para-hydroxylation sites is 2. The molecule has 0 fully saturated rings. The van der Waals surface area contributed by atoms with Gasteiger partial charge in [0.2, 0.25) is 11.7 Å². The highest BCUT2D eigenvalue weighted by molar-refractivity contribution is 9.10. The first-order chi connectivity index (χ1) is 15.1. The summed E-state index contributed by atoms with van der Waals surface area (Å²) in [6.45, 7) is 2.28. The Balaban J connectivity index is 1.59. The molecule has 0 atom stereocenters. The number of fused-ring (bicyclic) bond motifs is 1. The lowest BCUT2D eigenvalue weighted by Crippen LogP contribution is -2.13. The molecule has 0 amide bonds. The molecule has 5 aromatic rings. The van der Waals surface area contributed by atoms with Gasteiger partial charge in [0.05, 0.1) is 17.6 Å². The number of oxazole rings is 1. The van der Waals surface area contributed by atoms with Crippen LogP contribution in [0.2, 0.25) is 0 Å². The lowest BCUT2D eigenvalue weighted by Gasteiger charge is -2.07. The van der Waals surface area contributed by atoms with Gasteiger partial charge in [-0.25, -0.2) is 9.97 Å². The molecule has 0 aliphatic rings. The molecule has 5 nitrogen and oxygen atoms in total. The summed E-state index contributed by atoms with van der Waals surface area (Å²) in [4.78, 5) is 22.7. The summed E-state index contributed by atoms with van der Waals surface area (Å²) in [7, 11) is 0. The predicted octanol–water partition coefficient (Wildman–Crippen LogP) is 6.04. The molecule has 2 aromatic heterocycles. The fourth-order valence-electron chi connectivity index (χ4n) is 3.57. The van der Waals surface area contributed by atoms with Crippen molar-refractivity contribution in [2.45, 2.75) is 13.5 Å². The van der Waals surface area contributed by atoms with Gasteiger partial charge < -0.3 is 8.98 Å². The fraction of sp³-hybridized carbons (Fsp3) is 0.0800. The molecule has 0 aliphatic heterocycles. The van der Waals surface area contributed by atoms with Crippen molar-refractivity contribution in [3.8, 4) is 11.5 Å². The number of aromatic nitrogens is 3. The van der Waals surface area contributed by atoms with Crippen LogP contribution in [-0.4, -0.2) is 20.3 Å². The maximum atomic E-state index is 13.3. The third-order valence-corrected chi connectivity index (χ3v) is 5.71. The zero-order chi connectivity index (χ0) is 21.4. The number of halogens is 1. The molecule has 31 heavy (non-hydrogen) atoms. The second-order valence-corrected chi connectivity index (χ2v) is 8.15. The minimum Gasteiger partial charge on any atom is -0.441 e. The van der Waals surface area contributed by atoms with Crippen LogP contribution in [-0.2, 0) is 6.54 Å². The van der Waals surface area contributed by atoms with E-state index in [1.807, 2.05) is 78.2 Å². The number of rotatable bonds is 5. The van der Waals surface area contributed by atoms with Crippen LogP contribution >= 0.6 is 15.9 Å². The van der Waals surface area contributed by atoms with Gasteiger partial charge in [-0.1, -0.05) is 46.3 Å². The van der Waals surface area contributed by atoms with Gasteiger partial charge in [-0.15, -0.1) is 0 Å². The maximum Gasteiger partial charge on any atom is 0.228 e. The van der Waals surface area contributed by atoms with Gasteiger partial charge in [0, 0.05) is 15.6 Å². The molecular weight excluding hydrogens is 454 g/mol. The smallest absolute Gasteiger partial charge is 0.228 e. The van der Waals surface area contributed by atoms with Crippen LogP contribution in [0.25, 0.3) is 22.5 Å². The topological polar surface area (TPSA) is 60.9 Å². The fourth-order valence-corrected chi connectivity index (χ4v) is 3.83. The molecule has 0 aliphatic carbocycles. The van der Waals surface area contributed by atoms with Crippen molar-refractivity contribution in [1.82, 2.24) is 14.5 Å².